The molecule has 0 aliphatic heterocycles. The van der Waals surface area contributed by atoms with Crippen molar-refractivity contribution in [2.75, 3.05) is 5.32 Å². The van der Waals surface area contributed by atoms with Crippen LogP contribution in [0.3, 0.4) is 0 Å². The fraction of sp³-hybridized carbons (Fsp3) is 0.500. The molecular formula is C18H24N2O4. The van der Waals surface area contributed by atoms with Crippen LogP contribution in [-0.2, 0) is 9.59 Å². The van der Waals surface area contributed by atoms with E-state index < -0.39 is 17.3 Å². The first kappa shape index (κ1) is 18.0. The first-order chi connectivity index (χ1) is 11.3. The maximum atomic E-state index is 12.4. The molecule has 0 unspecified atom stereocenters. The van der Waals surface area contributed by atoms with Gasteiger partial charge in [-0.05, 0) is 48.9 Å². The number of carbonyl (C=O) groups excluding carboxylic acids is 2. The summed E-state index contributed by atoms with van der Waals surface area (Å²) >= 11 is 0. The van der Waals surface area contributed by atoms with Gasteiger partial charge in [0, 0.05) is 17.7 Å². The summed E-state index contributed by atoms with van der Waals surface area (Å²) < 4.78 is 0. The van der Waals surface area contributed by atoms with E-state index in [9.17, 15) is 19.5 Å². The van der Waals surface area contributed by atoms with Gasteiger partial charge in [0.2, 0.25) is 11.8 Å². The first-order valence-corrected chi connectivity index (χ1v) is 8.23. The Bertz CT molecular complexity index is 648. The topological polar surface area (TPSA) is 109 Å². The first-order valence-electron chi connectivity index (χ1n) is 8.23. The van der Waals surface area contributed by atoms with Crippen LogP contribution in [0.5, 0.6) is 0 Å². The molecule has 0 radical (unpaired) electrons. The lowest BCUT2D eigenvalue weighted by Gasteiger charge is -2.35. The molecule has 6 heteroatoms. The van der Waals surface area contributed by atoms with E-state index in [1.807, 2.05) is 0 Å². The van der Waals surface area contributed by atoms with Gasteiger partial charge in [-0.3, -0.25) is 14.4 Å². The van der Waals surface area contributed by atoms with E-state index in [1.54, 1.807) is 25.1 Å². The van der Waals surface area contributed by atoms with E-state index in [-0.39, 0.29) is 18.7 Å². The smallest absolute Gasteiger partial charge is 0.303 e. The lowest BCUT2D eigenvalue weighted by Crippen LogP contribution is -2.32. The molecule has 1 aliphatic rings. The van der Waals surface area contributed by atoms with E-state index in [4.69, 9.17) is 5.73 Å². The second kappa shape index (κ2) is 7.47. The third kappa shape index (κ3) is 4.57. The monoisotopic (exact) mass is 332 g/mol. The molecule has 1 saturated carbocycles. The summed E-state index contributed by atoms with van der Waals surface area (Å²) in [5, 5.41) is 12.0. The summed E-state index contributed by atoms with van der Waals surface area (Å²) in [6.45, 7) is 1.75. The lowest BCUT2D eigenvalue weighted by molar-refractivity contribution is -0.140. The normalized spacial score (nSPS) is 16.4. The summed E-state index contributed by atoms with van der Waals surface area (Å²) in [7, 11) is 0. The molecule has 1 aliphatic carbocycles. The quantitative estimate of drug-likeness (QED) is 0.744. The molecule has 4 N–H and O–H groups in total. The highest BCUT2D eigenvalue weighted by atomic mass is 16.4. The molecule has 130 valence electrons. The Labute approximate surface area is 141 Å². The zero-order valence-corrected chi connectivity index (χ0v) is 13.9. The summed E-state index contributed by atoms with van der Waals surface area (Å²) in [4.78, 5) is 34.8. The number of rotatable bonds is 6. The van der Waals surface area contributed by atoms with Crippen molar-refractivity contribution in [3.63, 3.8) is 0 Å². The standard InChI is InChI=1S/C18H24N2O4/c1-12-9-13(5-6-14(12)17(19)24)20-15(21)10-18(11-16(22)23)7-3-2-4-8-18/h5-6,9H,2-4,7-8,10-11H2,1H3,(H2,19,24)(H,20,21)(H,22,23). The van der Waals surface area contributed by atoms with Crippen LogP contribution in [0.25, 0.3) is 0 Å². The number of hydrogen-bond donors (Lipinski definition) is 3. The van der Waals surface area contributed by atoms with Crippen molar-refractivity contribution in [2.24, 2.45) is 11.1 Å². The van der Waals surface area contributed by atoms with E-state index >= 15 is 0 Å². The Balaban J connectivity index is 2.06. The zero-order valence-electron chi connectivity index (χ0n) is 13.9. The molecule has 1 aromatic carbocycles. The number of amides is 2. The number of nitrogens with one attached hydrogen (secondary N) is 1. The van der Waals surface area contributed by atoms with Gasteiger partial charge in [-0.2, -0.15) is 0 Å². The van der Waals surface area contributed by atoms with Crippen LogP contribution in [0.2, 0.25) is 0 Å². The Hall–Kier alpha value is -2.37. The highest BCUT2D eigenvalue weighted by Gasteiger charge is 2.36. The molecule has 24 heavy (non-hydrogen) atoms. The molecular weight excluding hydrogens is 308 g/mol. The number of aryl methyl sites for hydroxylation is 1. The number of primary amides is 1. The molecule has 0 bridgehead atoms. The number of nitrogens with two attached hydrogens (primary N) is 1. The third-order valence-electron chi connectivity index (χ3n) is 4.75. The number of benzene rings is 1. The van der Waals surface area contributed by atoms with Gasteiger partial charge < -0.3 is 16.2 Å². The van der Waals surface area contributed by atoms with Crippen molar-refractivity contribution in [3.8, 4) is 0 Å². The van der Waals surface area contributed by atoms with Gasteiger partial charge in [-0.15, -0.1) is 0 Å². The van der Waals surface area contributed by atoms with Crippen LogP contribution < -0.4 is 11.1 Å². The molecule has 2 rings (SSSR count). The minimum atomic E-state index is -0.855. The summed E-state index contributed by atoms with van der Waals surface area (Å²) in [6.07, 6.45) is 4.80. The van der Waals surface area contributed by atoms with E-state index in [0.717, 1.165) is 32.1 Å². The number of carboxylic acids is 1. The van der Waals surface area contributed by atoms with Crippen molar-refractivity contribution in [2.45, 2.75) is 51.9 Å². The van der Waals surface area contributed by atoms with Crippen molar-refractivity contribution < 1.29 is 19.5 Å². The van der Waals surface area contributed by atoms with E-state index in [1.165, 1.54) is 0 Å². The number of anilines is 1. The van der Waals surface area contributed by atoms with Gasteiger partial charge in [-0.1, -0.05) is 19.3 Å². The predicted molar refractivity (Wildman–Crippen MR) is 90.7 cm³/mol. The van der Waals surface area contributed by atoms with Gasteiger partial charge in [0.1, 0.15) is 0 Å². The van der Waals surface area contributed by atoms with Gasteiger partial charge in [0.05, 0.1) is 6.42 Å². The van der Waals surface area contributed by atoms with Gasteiger partial charge in [0.15, 0.2) is 0 Å². The van der Waals surface area contributed by atoms with Crippen LogP contribution in [0.15, 0.2) is 18.2 Å². The van der Waals surface area contributed by atoms with Crippen LogP contribution >= 0.6 is 0 Å². The van der Waals surface area contributed by atoms with Crippen LogP contribution in [0.1, 0.15) is 60.9 Å². The highest BCUT2D eigenvalue weighted by molar-refractivity contribution is 5.96. The van der Waals surface area contributed by atoms with Crippen molar-refractivity contribution >= 4 is 23.5 Å². The Morgan fingerprint density at radius 3 is 2.38 bits per heavy atom. The summed E-state index contributed by atoms with van der Waals surface area (Å²) in [5.74, 6) is -1.55. The summed E-state index contributed by atoms with van der Waals surface area (Å²) in [5.41, 5.74) is 6.52. The molecule has 0 saturated heterocycles. The molecule has 0 heterocycles. The Morgan fingerprint density at radius 2 is 1.83 bits per heavy atom. The molecule has 2 amide bonds. The number of aliphatic carboxylic acids is 1. The molecule has 0 spiro atoms. The van der Waals surface area contributed by atoms with E-state index in [0.29, 0.717) is 16.8 Å². The number of hydrogen-bond acceptors (Lipinski definition) is 3. The fourth-order valence-corrected chi connectivity index (χ4v) is 3.60. The van der Waals surface area contributed by atoms with Crippen LogP contribution in [0, 0.1) is 12.3 Å². The molecule has 1 aromatic rings. The SMILES string of the molecule is Cc1cc(NC(=O)CC2(CC(=O)O)CCCCC2)ccc1C(N)=O. The lowest BCUT2D eigenvalue weighted by atomic mass is 9.69. The Kier molecular flexibility index (Phi) is 5.59. The molecule has 6 nitrogen and oxygen atoms in total. The second-order valence-electron chi connectivity index (χ2n) is 6.75. The molecule has 0 aromatic heterocycles. The predicted octanol–water partition coefficient (Wildman–Crippen LogP) is 2.85. The second-order valence-corrected chi connectivity index (χ2v) is 6.75. The average Bonchev–Trinajstić information content (AvgIpc) is 2.46. The Morgan fingerprint density at radius 1 is 1.17 bits per heavy atom. The zero-order chi connectivity index (χ0) is 17.7. The maximum Gasteiger partial charge on any atom is 0.303 e. The van der Waals surface area contributed by atoms with Crippen molar-refractivity contribution in [1.29, 1.82) is 0 Å². The maximum absolute atomic E-state index is 12.4. The largest absolute Gasteiger partial charge is 0.481 e. The van der Waals surface area contributed by atoms with Gasteiger partial charge in [0.25, 0.3) is 0 Å². The van der Waals surface area contributed by atoms with Crippen LogP contribution in [0.4, 0.5) is 5.69 Å². The minimum absolute atomic E-state index is 0.0278. The van der Waals surface area contributed by atoms with E-state index in [2.05, 4.69) is 5.32 Å². The highest BCUT2D eigenvalue weighted by Crippen LogP contribution is 2.42. The van der Waals surface area contributed by atoms with Gasteiger partial charge >= 0.3 is 5.97 Å². The van der Waals surface area contributed by atoms with Gasteiger partial charge in [-0.25, -0.2) is 0 Å². The summed E-state index contributed by atoms with van der Waals surface area (Å²) in [6, 6.07) is 4.92. The van der Waals surface area contributed by atoms with Crippen molar-refractivity contribution in [1.82, 2.24) is 0 Å². The average molecular weight is 332 g/mol. The number of carbonyl (C=O) groups is 3. The fourth-order valence-electron chi connectivity index (χ4n) is 3.60. The minimum Gasteiger partial charge on any atom is -0.481 e. The third-order valence-corrected chi connectivity index (χ3v) is 4.75. The number of carboxylic acid groups (broad SMARTS) is 1. The molecule has 1 fully saturated rings. The molecule has 0 atom stereocenters. The van der Waals surface area contributed by atoms with Crippen LogP contribution in [-0.4, -0.2) is 22.9 Å². The van der Waals surface area contributed by atoms with Crippen molar-refractivity contribution in [3.05, 3.63) is 29.3 Å².